The second-order valence-corrected chi connectivity index (χ2v) is 10.3. The largest absolute Gasteiger partial charge is 0.348 e. The Morgan fingerprint density at radius 1 is 1.06 bits per heavy atom. The highest BCUT2D eigenvalue weighted by molar-refractivity contribution is 7.99. The first-order valence-electron chi connectivity index (χ1n) is 11.4. The average Bonchev–Trinajstić information content (AvgIpc) is 3.18. The van der Waals surface area contributed by atoms with Gasteiger partial charge in [-0.25, -0.2) is 4.39 Å². The van der Waals surface area contributed by atoms with Crippen molar-refractivity contribution >= 4 is 40.2 Å². The maximum atomic E-state index is 14.4. The number of carbonyl (C=O) groups is 1. The molecule has 0 fully saturated rings. The van der Waals surface area contributed by atoms with E-state index < -0.39 is 0 Å². The third-order valence-corrected chi connectivity index (χ3v) is 6.90. The fraction of sp³-hybridized carbons (Fsp3) is 0.250. The molecule has 0 aliphatic heterocycles. The normalized spacial score (nSPS) is 11.4. The Morgan fingerprint density at radius 3 is 2.50 bits per heavy atom. The number of amides is 1. The monoisotopic (exact) mass is 494 g/mol. The summed E-state index contributed by atoms with van der Waals surface area (Å²) in [5.74, 6) is 0.610. The van der Waals surface area contributed by atoms with E-state index in [1.54, 1.807) is 23.9 Å². The fourth-order valence-electron chi connectivity index (χ4n) is 4.20. The van der Waals surface area contributed by atoms with Gasteiger partial charge in [-0.15, -0.1) is 11.8 Å². The maximum Gasteiger partial charge on any atom is 0.251 e. The molecule has 3 nitrogen and oxygen atoms in total. The van der Waals surface area contributed by atoms with E-state index in [0.29, 0.717) is 29.1 Å². The number of hydrogen-bond donors (Lipinski definition) is 1. The van der Waals surface area contributed by atoms with Gasteiger partial charge in [0.2, 0.25) is 0 Å². The van der Waals surface area contributed by atoms with E-state index >= 15 is 0 Å². The van der Waals surface area contributed by atoms with Crippen LogP contribution >= 0.6 is 23.4 Å². The molecular weight excluding hydrogens is 467 g/mol. The Balaban J connectivity index is 1.55. The summed E-state index contributed by atoms with van der Waals surface area (Å²) in [6.07, 6.45) is 0.448. The quantitative estimate of drug-likeness (QED) is 0.255. The van der Waals surface area contributed by atoms with E-state index in [2.05, 4.69) is 42.8 Å². The molecule has 4 rings (SSSR count). The van der Waals surface area contributed by atoms with Crippen molar-refractivity contribution in [3.8, 4) is 0 Å². The van der Waals surface area contributed by atoms with Crippen LogP contribution in [0.5, 0.6) is 0 Å². The summed E-state index contributed by atoms with van der Waals surface area (Å²) >= 11 is 7.71. The third kappa shape index (κ3) is 5.48. The third-order valence-electron chi connectivity index (χ3n) is 5.77. The summed E-state index contributed by atoms with van der Waals surface area (Å²) in [6, 6.07) is 21.0. The molecule has 1 amide bonds. The highest BCUT2D eigenvalue weighted by Gasteiger charge is 2.16. The summed E-state index contributed by atoms with van der Waals surface area (Å²) in [7, 11) is 0. The molecule has 0 spiro atoms. The van der Waals surface area contributed by atoms with Crippen molar-refractivity contribution in [1.29, 1.82) is 0 Å². The van der Waals surface area contributed by atoms with Crippen LogP contribution in [0.3, 0.4) is 0 Å². The molecule has 0 atom stereocenters. The van der Waals surface area contributed by atoms with Crippen LogP contribution in [0.2, 0.25) is 5.02 Å². The van der Waals surface area contributed by atoms with Crippen LogP contribution in [0.4, 0.5) is 4.39 Å². The van der Waals surface area contributed by atoms with Crippen LogP contribution < -0.4 is 5.32 Å². The second kappa shape index (κ2) is 10.7. The van der Waals surface area contributed by atoms with Crippen molar-refractivity contribution < 1.29 is 9.18 Å². The number of aromatic nitrogens is 1. The Hall–Kier alpha value is -2.76. The Bertz CT molecular complexity index is 1310. The molecule has 1 heterocycles. The number of rotatable bonds is 8. The van der Waals surface area contributed by atoms with Gasteiger partial charge in [0.25, 0.3) is 5.91 Å². The fourth-order valence-corrected chi connectivity index (χ4v) is 5.02. The molecule has 0 radical (unpaired) electrons. The standard InChI is InChI=1S/C28H28ClFN2OS/c1-4-34-25-10-5-19(6-11-25)17-31-28(33)21-8-12-27-22(13-21)15-24(32(27)18(2)3)14-20-7-9-23(29)16-26(20)30/h5-13,15-16,18H,4,14,17H2,1-3H3,(H,31,33). The van der Waals surface area contributed by atoms with Gasteiger partial charge >= 0.3 is 0 Å². The van der Waals surface area contributed by atoms with Crippen molar-refractivity contribution in [2.75, 3.05) is 5.75 Å². The average molecular weight is 495 g/mol. The minimum atomic E-state index is -0.311. The highest BCUT2D eigenvalue weighted by atomic mass is 35.5. The van der Waals surface area contributed by atoms with E-state index in [4.69, 9.17) is 11.6 Å². The van der Waals surface area contributed by atoms with Crippen LogP contribution in [-0.2, 0) is 13.0 Å². The summed E-state index contributed by atoms with van der Waals surface area (Å²) in [6.45, 7) is 6.81. The number of carbonyl (C=O) groups excluding carboxylic acids is 1. The van der Waals surface area contributed by atoms with Gasteiger partial charge in [0.05, 0.1) is 0 Å². The molecule has 0 bridgehead atoms. The van der Waals surface area contributed by atoms with Crippen LogP contribution in [0.25, 0.3) is 10.9 Å². The molecular formula is C28H28ClFN2OS. The van der Waals surface area contributed by atoms with Gasteiger partial charge in [-0.3, -0.25) is 4.79 Å². The number of halogens is 2. The molecule has 0 aliphatic carbocycles. The van der Waals surface area contributed by atoms with E-state index in [1.807, 2.05) is 36.4 Å². The lowest BCUT2D eigenvalue weighted by molar-refractivity contribution is 0.0951. The summed E-state index contributed by atoms with van der Waals surface area (Å²) < 4.78 is 16.6. The SMILES string of the molecule is CCSc1ccc(CNC(=O)c2ccc3c(c2)cc(Cc2ccc(Cl)cc2F)n3C(C)C)cc1. The van der Waals surface area contributed by atoms with E-state index in [-0.39, 0.29) is 17.8 Å². The number of thioether (sulfide) groups is 1. The van der Waals surface area contributed by atoms with Crippen LogP contribution in [0.15, 0.2) is 71.6 Å². The predicted octanol–water partition coefficient (Wildman–Crippen LogP) is 7.65. The Morgan fingerprint density at radius 2 is 1.82 bits per heavy atom. The minimum absolute atomic E-state index is 0.114. The van der Waals surface area contributed by atoms with Crippen molar-refractivity contribution in [2.45, 2.75) is 44.7 Å². The van der Waals surface area contributed by atoms with Gasteiger partial charge < -0.3 is 9.88 Å². The Kier molecular flexibility index (Phi) is 7.64. The zero-order valence-corrected chi connectivity index (χ0v) is 21.1. The Labute approximate surface area is 209 Å². The lowest BCUT2D eigenvalue weighted by Gasteiger charge is -2.15. The first-order valence-corrected chi connectivity index (χ1v) is 12.8. The molecule has 6 heteroatoms. The summed E-state index contributed by atoms with van der Waals surface area (Å²) in [4.78, 5) is 14.1. The molecule has 0 aliphatic rings. The van der Waals surface area contributed by atoms with Gasteiger partial charge in [0, 0.05) is 51.1 Å². The number of benzene rings is 3. The first-order chi connectivity index (χ1) is 16.4. The van der Waals surface area contributed by atoms with Gasteiger partial charge in [-0.1, -0.05) is 36.7 Å². The molecule has 0 saturated heterocycles. The molecule has 3 aromatic carbocycles. The number of nitrogens with zero attached hydrogens (tertiary/aromatic N) is 1. The zero-order chi connectivity index (χ0) is 24.2. The first kappa shape index (κ1) is 24.4. The summed E-state index contributed by atoms with van der Waals surface area (Å²) in [5, 5.41) is 4.36. The number of hydrogen-bond acceptors (Lipinski definition) is 2. The maximum absolute atomic E-state index is 14.4. The zero-order valence-electron chi connectivity index (χ0n) is 19.6. The molecule has 1 N–H and O–H groups in total. The molecule has 1 aromatic heterocycles. The molecule has 0 saturated carbocycles. The van der Waals surface area contributed by atoms with Gasteiger partial charge in [-0.05, 0) is 79.3 Å². The van der Waals surface area contributed by atoms with Crippen molar-refractivity contribution in [1.82, 2.24) is 9.88 Å². The summed E-state index contributed by atoms with van der Waals surface area (Å²) in [5.41, 5.74) is 4.29. The van der Waals surface area contributed by atoms with Gasteiger partial charge in [-0.2, -0.15) is 0 Å². The molecule has 4 aromatic rings. The number of fused-ring (bicyclic) bond motifs is 1. The van der Waals surface area contributed by atoms with E-state index in [0.717, 1.165) is 27.9 Å². The molecule has 176 valence electrons. The smallest absolute Gasteiger partial charge is 0.251 e. The topological polar surface area (TPSA) is 34.0 Å². The lowest BCUT2D eigenvalue weighted by Crippen LogP contribution is -2.22. The van der Waals surface area contributed by atoms with Crippen molar-refractivity contribution in [3.05, 3.63) is 100.0 Å². The minimum Gasteiger partial charge on any atom is -0.348 e. The van der Waals surface area contributed by atoms with Crippen LogP contribution in [0.1, 0.15) is 54.0 Å². The van der Waals surface area contributed by atoms with E-state index in [9.17, 15) is 9.18 Å². The predicted molar refractivity (Wildman–Crippen MR) is 141 cm³/mol. The van der Waals surface area contributed by atoms with Crippen LogP contribution in [0, 0.1) is 5.82 Å². The second-order valence-electron chi connectivity index (χ2n) is 8.55. The number of nitrogens with one attached hydrogen (secondary N) is 1. The van der Waals surface area contributed by atoms with Crippen molar-refractivity contribution in [2.24, 2.45) is 0 Å². The van der Waals surface area contributed by atoms with E-state index in [1.165, 1.54) is 11.0 Å². The molecule has 0 unspecified atom stereocenters. The van der Waals surface area contributed by atoms with Crippen molar-refractivity contribution in [3.63, 3.8) is 0 Å². The van der Waals surface area contributed by atoms with Gasteiger partial charge in [0.1, 0.15) is 5.82 Å². The highest BCUT2D eigenvalue weighted by Crippen LogP contribution is 2.28. The van der Waals surface area contributed by atoms with Crippen LogP contribution in [-0.4, -0.2) is 16.2 Å². The van der Waals surface area contributed by atoms with Gasteiger partial charge in [0.15, 0.2) is 0 Å². The molecule has 34 heavy (non-hydrogen) atoms. The lowest BCUT2D eigenvalue weighted by atomic mass is 10.1.